The molecule has 104 valence electrons. The average Bonchev–Trinajstić information content (AvgIpc) is 2.80. The van der Waals surface area contributed by atoms with Crippen LogP contribution in [0, 0.1) is 0 Å². The highest BCUT2D eigenvalue weighted by atomic mass is 16.7. The Morgan fingerprint density at radius 1 is 1.32 bits per heavy atom. The molecule has 1 saturated heterocycles. The molecule has 0 amide bonds. The summed E-state index contributed by atoms with van der Waals surface area (Å²) >= 11 is 0. The number of aromatic nitrogens is 1. The number of nitrogen functional groups attached to an aromatic ring is 1. The number of ether oxygens (including phenoxy) is 2. The van der Waals surface area contributed by atoms with Gasteiger partial charge in [0.15, 0.2) is 5.79 Å². The summed E-state index contributed by atoms with van der Waals surface area (Å²) in [6.45, 7) is 0.737. The zero-order chi connectivity index (χ0) is 13.1. The van der Waals surface area contributed by atoms with Crippen molar-refractivity contribution >= 4 is 5.82 Å². The highest BCUT2D eigenvalue weighted by molar-refractivity contribution is 5.31. The molecular formula is C15H22N2O2. The van der Waals surface area contributed by atoms with Crippen LogP contribution in [0.3, 0.4) is 0 Å². The molecule has 0 unspecified atom stereocenters. The van der Waals surface area contributed by atoms with Crippen LogP contribution in [-0.4, -0.2) is 23.5 Å². The largest absolute Gasteiger partial charge is 0.384 e. The minimum absolute atomic E-state index is 0.229. The molecule has 4 nitrogen and oxygen atoms in total. The highest BCUT2D eigenvalue weighted by Crippen LogP contribution is 2.38. The number of hydrogen-bond acceptors (Lipinski definition) is 4. The predicted octanol–water partition coefficient (Wildman–Crippen LogP) is 2.67. The molecule has 19 heavy (non-hydrogen) atoms. The van der Waals surface area contributed by atoms with Crippen molar-refractivity contribution in [2.45, 2.75) is 56.8 Å². The van der Waals surface area contributed by atoms with E-state index in [1.54, 1.807) is 6.20 Å². The molecule has 0 bridgehead atoms. The third kappa shape index (κ3) is 3.07. The summed E-state index contributed by atoms with van der Waals surface area (Å²) in [6.07, 6.45) is 9.85. The lowest BCUT2D eigenvalue weighted by Gasteiger charge is -2.31. The Morgan fingerprint density at radius 3 is 2.95 bits per heavy atom. The molecule has 2 aliphatic rings. The minimum atomic E-state index is -0.250. The molecule has 0 aromatic carbocycles. The number of pyridine rings is 1. The van der Waals surface area contributed by atoms with Crippen molar-refractivity contribution in [3.8, 4) is 0 Å². The molecule has 1 saturated carbocycles. The van der Waals surface area contributed by atoms with Crippen molar-refractivity contribution in [1.82, 2.24) is 4.98 Å². The molecule has 2 fully saturated rings. The van der Waals surface area contributed by atoms with Gasteiger partial charge >= 0.3 is 0 Å². The van der Waals surface area contributed by atoms with Gasteiger partial charge in [-0.25, -0.2) is 4.98 Å². The molecule has 0 radical (unpaired) electrons. The standard InChI is InChI=1S/C15H22N2O2/c16-14-10-12(6-9-17-14)4-5-13-11-18-15(19-13)7-2-1-3-8-15/h6,9-10,13H,1-5,7-8,11H2,(H2,16,17)/t13-/m0/s1. The van der Waals surface area contributed by atoms with Gasteiger partial charge < -0.3 is 15.2 Å². The van der Waals surface area contributed by atoms with Gasteiger partial charge in [-0.05, 0) is 43.4 Å². The molecule has 1 atom stereocenters. The summed E-state index contributed by atoms with van der Waals surface area (Å²) in [5.41, 5.74) is 6.91. The van der Waals surface area contributed by atoms with Crippen molar-refractivity contribution in [2.75, 3.05) is 12.3 Å². The fourth-order valence-corrected chi connectivity index (χ4v) is 3.09. The van der Waals surface area contributed by atoms with Crippen molar-refractivity contribution < 1.29 is 9.47 Å². The Bertz CT molecular complexity index is 430. The molecule has 3 rings (SSSR count). The molecule has 4 heteroatoms. The van der Waals surface area contributed by atoms with Crippen molar-refractivity contribution in [3.63, 3.8) is 0 Å². The van der Waals surface area contributed by atoms with Crippen LogP contribution in [0.15, 0.2) is 18.3 Å². The van der Waals surface area contributed by atoms with E-state index < -0.39 is 0 Å². The van der Waals surface area contributed by atoms with E-state index in [9.17, 15) is 0 Å². The fourth-order valence-electron chi connectivity index (χ4n) is 3.09. The van der Waals surface area contributed by atoms with E-state index in [0.717, 1.165) is 32.3 Å². The number of anilines is 1. The van der Waals surface area contributed by atoms with E-state index in [2.05, 4.69) is 4.98 Å². The number of hydrogen-bond donors (Lipinski definition) is 1. The molecule has 1 aromatic rings. The summed E-state index contributed by atoms with van der Waals surface area (Å²) in [7, 11) is 0. The number of rotatable bonds is 3. The number of aryl methyl sites for hydroxylation is 1. The maximum Gasteiger partial charge on any atom is 0.168 e. The molecular weight excluding hydrogens is 240 g/mol. The van der Waals surface area contributed by atoms with E-state index in [1.165, 1.54) is 24.8 Å². The quantitative estimate of drug-likeness (QED) is 0.910. The molecule has 1 aliphatic carbocycles. The number of nitrogens with zero attached hydrogens (tertiary/aromatic N) is 1. The van der Waals surface area contributed by atoms with Crippen LogP contribution in [-0.2, 0) is 15.9 Å². The van der Waals surface area contributed by atoms with Crippen molar-refractivity contribution in [1.29, 1.82) is 0 Å². The van der Waals surface area contributed by atoms with Gasteiger partial charge in [-0.2, -0.15) is 0 Å². The molecule has 2 heterocycles. The summed E-state index contributed by atoms with van der Waals surface area (Å²) in [5.74, 6) is 0.338. The monoisotopic (exact) mass is 262 g/mol. The second kappa shape index (κ2) is 5.47. The zero-order valence-corrected chi connectivity index (χ0v) is 11.3. The molecule has 2 N–H and O–H groups in total. The van der Waals surface area contributed by atoms with Gasteiger partial charge in [0.25, 0.3) is 0 Å². The van der Waals surface area contributed by atoms with Crippen LogP contribution in [0.25, 0.3) is 0 Å². The second-order valence-corrected chi connectivity index (χ2v) is 5.65. The summed E-state index contributed by atoms with van der Waals surface area (Å²) in [5, 5.41) is 0. The maximum absolute atomic E-state index is 6.17. The van der Waals surface area contributed by atoms with Gasteiger partial charge in [0.05, 0.1) is 12.7 Å². The zero-order valence-electron chi connectivity index (χ0n) is 11.3. The van der Waals surface area contributed by atoms with Gasteiger partial charge in [-0.15, -0.1) is 0 Å². The highest BCUT2D eigenvalue weighted by Gasteiger charge is 2.41. The topological polar surface area (TPSA) is 57.4 Å². The Balaban J connectivity index is 1.52. The average molecular weight is 262 g/mol. The predicted molar refractivity (Wildman–Crippen MR) is 73.6 cm³/mol. The van der Waals surface area contributed by atoms with Gasteiger partial charge in [-0.3, -0.25) is 0 Å². The van der Waals surface area contributed by atoms with Crippen LogP contribution >= 0.6 is 0 Å². The van der Waals surface area contributed by atoms with E-state index in [0.29, 0.717) is 5.82 Å². The van der Waals surface area contributed by atoms with Crippen LogP contribution < -0.4 is 5.73 Å². The number of nitrogens with two attached hydrogens (primary N) is 1. The van der Waals surface area contributed by atoms with E-state index in [1.807, 2.05) is 12.1 Å². The van der Waals surface area contributed by atoms with Crippen molar-refractivity contribution in [2.24, 2.45) is 0 Å². The first-order valence-electron chi connectivity index (χ1n) is 7.28. The third-order valence-electron chi connectivity index (χ3n) is 4.13. The SMILES string of the molecule is Nc1cc(CC[C@H]2COC3(CCCCC3)O2)ccn1. The normalized spacial score (nSPS) is 25.8. The van der Waals surface area contributed by atoms with Crippen LogP contribution in [0.1, 0.15) is 44.1 Å². The maximum atomic E-state index is 6.17. The lowest BCUT2D eigenvalue weighted by Crippen LogP contribution is -2.33. The molecule has 1 aliphatic heterocycles. The third-order valence-corrected chi connectivity index (χ3v) is 4.13. The first kappa shape index (κ1) is 12.9. The second-order valence-electron chi connectivity index (χ2n) is 5.65. The van der Waals surface area contributed by atoms with Gasteiger partial charge in [0.2, 0.25) is 0 Å². The fraction of sp³-hybridized carbons (Fsp3) is 0.667. The molecule has 1 aromatic heterocycles. The van der Waals surface area contributed by atoms with E-state index in [-0.39, 0.29) is 11.9 Å². The summed E-state index contributed by atoms with van der Waals surface area (Å²) in [6, 6.07) is 3.95. The first-order valence-corrected chi connectivity index (χ1v) is 7.28. The van der Waals surface area contributed by atoms with Crippen LogP contribution in [0.2, 0.25) is 0 Å². The summed E-state index contributed by atoms with van der Waals surface area (Å²) < 4.78 is 12.1. The summed E-state index contributed by atoms with van der Waals surface area (Å²) in [4.78, 5) is 4.01. The van der Waals surface area contributed by atoms with E-state index >= 15 is 0 Å². The minimum Gasteiger partial charge on any atom is -0.384 e. The van der Waals surface area contributed by atoms with Gasteiger partial charge in [0.1, 0.15) is 5.82 Å². The Kier molecular flexibility index (Phi) is 3.71. The van der Waals surface area contributed by atoms with Crippen LogP contribution in [0.5, 0.6) is 0 Å². The van der Waals surface area contributed by atoms with Crippen LogP contribution in [0.4, 0.5) is 5.82 Å². The Hall–Kier alpha value is -1.13. The lowest BCUT2D eigenvalue weighted by molar-refractivity contribution is -0.187. The van der Waals surface area contributed by atoms with E-state index in [4.69, 9.17) is 15.2 Å². The Morgan fingerprint density at radius 2 is 2.16 bits per heavy atom. The van der Waals surface area contributed by atoms with Crippen molar-refractivity contribution in [3.05, 3.63) is 23.9 Å². The van der Waals surface area contributed by atoms with Gasteiger partial charge in [0, 0.05) is 19.0 Å². The Labute approximate surface area is 114 Å². The van der Waals surface area contributed by atoms with Gasteiger partial charge in [-0.1, -0.05) is 6.42 Å². The molecule has 1 spiro atoms. The first-order chi connectivity index (χ1) is 9.26. The lowest BCUT2D eigenvalue weighted by atomic mass is 9.94. The smallest absolute Gasteiger partial charge is 0.168 e.